The van der Waals surface area contributed by atoms with Crippen LogP contribution in [-0.4, -0.2) is 28.1 Å². The number of benzene rings is 1. The maximum atomic E-state index is 13.4. The number of hydrogen-bond acceptors (Lipinski definition) is 2. The van der Waals surface area contributed by atoms with E-state index in [4.69, 9.17) is 0 Å². The summed E-state index contributed by atoms with van der Waals surface area (Å²) in [4.78, 5) is 13.7. The van der Waals surface area contributed by atoms with Crippen molar-refractivity contribution < 1.29 is 18.7 Å². The first-order valence-electron chi connectivity index (χ1n) is 7.37. The SMILES string of the molecule is CCCC1(C(=O)O)CCCN1C(C)c1cc(F)cc(F)c1. The van der Waals surface area contributed by atoms with Crippen LogP contribution in [0.3, 0.4) is 0 Å². The first-order valence-corrected chi connectivity index (χ1v) is 7.37. The molecule has 116 valence electrons. The number of carboxylic acid groups (broad SMARTS) is 1. The number of carboxylic acids is 1. The first-order chi connectivity index (χ1) is 9.90. The van der Waals surface area contributed by atoms with Crippen molar-refractivity contribution in [3.63, 3.8) is 0 Å². The van der Waals surface area contributed by atoms with Gasteiger partial charge in [-0.2, -0.15) is 0 Å². The van der Waals surface area contributed by atoms with Gasteiger partial charge in [-0.15, -0.1) is 0 Å². The van der Waals surface area contributed by atoms with Gasteiger partial charge in [-0.3, -0.25) is 9.69 Å². The van der Waals surface area contributed by atoms with Crippen molar-refractivity contribution in [2.45, 2.75) is 51.1 Å². The highest BCUT2D eigenvalue weighted by Gasteiger charge is 2.48. The Morgan fingerprint density at radius 2 is 2.00 bits per heavy atom. The molecule has 2 atom stereocenters. The molecular formula is C16H21F2NO2. The Bertz CT molecular complexity index is 515. The third kappa shape index (κ3) is 2.93. The van der Waals surface area contributed by atoms with Crippen molar-refractivity contribution in [3.8, 4) is 0 Å². The number of carbonyl (C=O) groups is 1. The fourth-order valence-electron chi connectivity index (χ4n) is 3.48. The van der Waals surface area contributed by atoms with Crippen molar-refractivity contribution in [1.82, 2.24) is 4.90 Å². The zero-order chi connectivity index (χ0) is 15.6. The number of aliphatic carboxylic acids is 1. The molecule has 2 unspecified atom stereocenters. The summed E-state index contributed by atoms with van der Waals surface area (Å²) >= 11 is 0. The van der Waals surface area contributed by atoms with Crippen LogP contribution in [0.5, 0.6) is 0 Å². The Morgan fingerprint density at radius 3 is 2.52 bits per heavy atom. The average Bonchev–Trinajstić information content (AvgIpc) is 2.82. The van der Waals surface area contributed by atoms with Crippen molar-refractivity contribution in [1.29, 1.82) is 0 Å². The molecule has 0 radical (unpaired) electrons. The predicted molar refractivity (Wildman–Crippen MR) is 76.0 cm³/mol. The molecule has 0 aliphatic carbocycles. The van der Waals surface area contributed by atoms with Gasteiger partial charge >= 0.3 is 5.97 Å². The molecule has 0 amide bonds. The topological polar surface area (TPSA) is 40.5 Å². The van der Waals surface area contributed by atoms with Crippen LogP contribution in [-0.2, 0) is 4.79 Å². The highest BCUT2D eigenvalue weighted by Crippen LogP contribution is 2.40. The van der Waals surface area contributed by atoms with E-state index in [2.05, 4.69) is 0 Å². The number of halogens is 2. The summed E-state index contributed by atoms with van der Waals surface area (Å²) in [6, 6.07) is 3.06. The van der Waals surface area contributed by atoms with Gasteiger partial charge in [-0.05, 0) is 50.4 Å². The minimum Gasteiger partial charge on any atom is -0.480 e. The zero-order valence-corrected chi connectivity index (χ0v) is 12.4. The molecule has 2 rings (SSSR count). The van der Waals surface area contributed by atoms with Crippen molar-refractivity contribution >= 4 is 5.97 Å². The first kappa shape index (κ1) is 15.9. The van der Waals surface area contributed by atoms with Crippen LogP contribution in [0.1, 0.15) is 51.1 Å². The Labute approximate surface area is 123 Å². The summed E-state index contributed by atoms with van der Waals surface area (Å²) in [7, 11) is 0. The summed E-state index contributed by atoms with van der Waals surface area (Å²) in [5, 5.41) is 9.68. The normalized spacial score (nSPS) is 24.2. The predicted octanol–water partition coefficient (Wildman–Crippen LogP) is 3.75. The number of hydrogen-bond donors (Lipinski definition) is 1. The number of nitrogens with zero attached hydrogens (tertiary/aromatic N) is 1. The Morgan fingerprint density at radius 1 is 1.38 bits per heavy atom. The van der Waals surface area contributed by atoms with Gasteiger partial charge in [-0.25, -0.2) is 8.78 Å². The third-order valence-corrected chi connectivity index (χ3v) is 4.44. The Hall–Kier alpha value is -1.49. The van der Waals surface area contributed by atoms with E-state index in [0.29, 0.717) is 24.9 Å². The average molecular weight is 297 g/mol. The van der Waals surface area contributed by atoms with Gasteiger partial charge in [-0.1, -0.05) is 13.3 Å². The highest BCUT2D eigenvalue weighted by atomic mass is 19.1. The Kier molecular flexibility index (Phi) is 4.61. The molecule has 1 fully saturated rings. The molecule has 1 saturated heterocycles. The van der Waals surface area contributed by atoms with Gasteiger partial charge in [0.2, 0.25) is 0 Å². The van der Waals surface area contributed by atoms with Gasteiger partial charge in [0.1, 0.15) is 17.2 Å². The second-order valence-electron chi connectivity index (χ2n) is 5.76. The molecule has 1 aromatic carbocycles. The van der Waals surface area contributed by atoms with Crippen LogP contribution in [0.4, 0.5) is 8.78 Å². The van der Waals surface area contributed by atoms with Crippen LogP contribution in [0.2, 0.25) is 0 Å². The molecule has 0 spiro atoms. The lowest BCUT2D eigenvalue weighted by Crippen LogP contribution is -2.51. The molecule has 1 aromatic rings. The maximum Gasteiger partial charge on any atom is 0.324 e. The minimum absolute atomic E-state index is 0.333. The highest BCUT2D eigenvalue weighted by molar-refractivity contribution is 5.79. The summed E-state index contributed by atoms with van der Waals surface area (Å²) in [6.07, 6.45) is 2.67. The summed E-state index contributed by atoms with van der Waals surface area (Å²) in [6.45, 7) is 4.40. The molecule has 1 N–H and O–H groups in total. The molecule has 1 aliphatic rings. The molecule has 0 aromatic heterocycles. The van der Waals surface area contributed by atoms with E-state index >= 15 is 0 Å². The largest absolute Gasteiger partial charge is 0.480 e. The molecule has 3 nitrogen and oxygen atoms in total. The van der Waals surface area contributed by atoms with Crippen molar-refractivity contribution in [3.05, 3.63) is 35.4 Å². The van der Waals surface area contributed by atoms with Crippen LogP contribution in [0.15, 0.2) is 18.2 Å². The lowest BCUT2D eigenvalue weighted by atomic mass is 9.89. The monoisotopic (exact) mass is 297 g/mol. The molecule has 5 heteroatoms. The van der Waals surface area contributed by atoms with E-state index in [1.54, 1.807) is 0 Å². The molecule has 1 heterocycles. The molecule has 0 saturated carbocycles. The lowest BCUT2D eigenvalue weighted by Gasteiger charge is -2.39. The van der Waals surface area contributed by atoms with Crippen LogP contribution in [0.25, 0.3) is 0 Å². The van der Waals surface area contributed by atoms with Crippen molar-refractivity contribution in [2.24, 2.45) is 0 Å². The van der Waals surface area contributed by atoms with Gasteiger partial charge in [0.05, 0.1) is 0 Å². The van der Waals surface area contributed by atoms with Gasteiger partial charge < -0.3 is 5.11 Å². The van der Waals surface area contributed by atoms with Crippen LogP contribution < -0.4 is 0 Å². The van der Waals surface area contributed by atoms with Crippen LogP contribution >= 0.6 is 0 Å². The quantitative estimate of drug-likeness (QED) is 0.900. The second kappa shape index (κ2) is 6.10. The van der Waals surface area contributed by atoms with E-state index < -0.39 is 23.1 Å². The van der Waals surface area contributed by atoms with E-state index in [-0.39, 0.29) is 6.04 Å². The summed E-state index contributed by atoms with van der Waals surface area (Å²) in [5.41, 5.74) is -0.437. The third-order valence-electron chi connectivity index (χ3n) is 4.44. The maximum absolute atomic E-state index is 13.4. The molecule has 0 bridgehead atoms. The standard InChI is InChI=1S/C16H21F2NO2/c1-3-5-16(15(20)21)6-4-7-19(16)11(2)12-8-13(17)10-14(18)9-12/h8-11H,3-7H2,1-2H3,(H,20,21). The summed E-state index contributed by atoms with van der Waals surface area (Å²) < 4.78 is 26.8. The van der Waals surface area contributed by atoms with Crippen LogP contribution in [0, 0.1) is 11.6 Å². The van der Waals surface area contributed by atoms with E-state index in [0.717, 1.165) is 18.9 Å². The molecular weight excluding hydrogens is 276 g/mol. The van der Waals surface area contributed by atoms with E-state index in [1.807, 2.05) is 18.7 Å². The van der Waals surface area contributed by atoms with Gasteiger partial charge in [0.15, 0.2) is 0 Å². The Balaban J connectivity index is 2.36. The minimum atomic E-state index is -0.920. The van der Waals surface area contributed by atoms with Gasteiger partial charge in [0, 0.05) is 12.1 Å². The molecule has 1 aliphatic heterocycles. The zero-order valence-electron chi connectivity index (χ0n) is 12.4. The van der Waals surface area contributed by atoms with Crippen molar-refractivity contribution in [2.75, 3.05) is 6.54 Å². The summed E-state index contributed by atoms with van der Waals surface area (Å²) in [5.74, 6) is -2.11. The fraction of sp³-hybridized carbons (Fsp3) is 0.562. The van der Waals surface area contributed by atoms with E-state index in [9.17, 15) is 18.7 Å². The fourth-order valence-corrected chi connectivity index (χ4v) is 3.48. The molecule has 21 heavy (non-hydrogen) atoms. The van der Waals surface area contributed by atoms with E-state index in [1.165, 1.54) is 12.1 Å². The lowest BCUT2D eigenvalue weighted by molar-refractivity contribution is -0.151. The smallest absolute Gasteiger partial charge is 0.324 e. The number of rotatable bonds is 5. The second-order valence-corrected chi connectivity index (χ2v) is 5.76. The number of likely N-dealkylation sites (tertiary alicyclic amines) is 1. The van der Waals surface area contributed by atoms with Gasteiger partial charge in [0.25, 0.3) is 0 Å².